The fraction of sp³-hybridized carbons (Fsp3) is 0.909. The van der Waals surface area contributed by atoms with Crippen LogP contribution in [0.2, 0.25) is 0 Å². The summed E-state index contributed by atoms with van der Waals surface area (Å²) >= 11 is 5.86. The lowest BCUT2D eigenvalue weighted by Gasteiger charge is -2.15. The molecule has 82 valence electrons. The maximum atomic E-state index is 8.63. The van der Waals surface area contributed by atoms with Gasteiger partial charge in [-0.1, -0.05) is 61.7 Å². The topological polar surface area (TPSA) is 32.6 Å². The Morgan fingerprint density at radius 1 is 0.929 bits per heavy atom. The van der Waals surface area contributed by atoms with E-state index in [2.05, 4.69) is 5.16 Å². The summed E-state index contributed by atoms with van der Waals surface area (Å²) in [5.41, 5.74) is 0. The van der Waals surface area contributed by atoms with E-state index in [4.69, 9.17) is 16.8 Å². The highest BCUT2D eigenvalue weighted by atomic mass is 35.5. The molecule has 0 aromatic rings. The Bertz CT molecular complexity index is 172. The molecule has 0 amide bonds. The number of hydrogen-bond donors (Lipinski definition) is 1. The van der Waals surface area contributed by atoms with Crippen LogP contribution >= 0.6 is 11.6 Å². The summed E-state index contributed by atoms with van der Waals surface area (Å²) < 4.78 is 0. The molecule has 0 aromatic carbocycles. The molecule has 0 spiro atoms. The zero-order valence-corrected chi connectivity index (χ0v) is 9.47. The second kappa shape index (κ2) is 7.10. The summed E-state index contributed by atoms with van der Waals surface area (Å²) in [6, 6.07) is 0. The van der Waals surface area contributed by atoms with Crippen LogP contribution < -0.4 is 0 Å². The van der Waals surface area contributed by atoms with E-state index in [1.807, 2.05) is 0 Å². The van der Waals surface area contributed by atoms with Gasteiger partial charge < -0.3 is 5.21 Å². The van der Waals surface area contributed by atoms with Crippen LogP contribution in [0.3, 0.4) is 0 Å². The van der Waals surface area contributed by atoms with Crippen molar-refractivity contribution < 1.29 is 5.21 Å². The van der Waals surface area contributed by atoms with Gasteiger partial charge in [-0.05, 0) is 12.8 Å². The molecule has 1 rings (SSSR count). The predicted molar refractivity (Wildman–Crippen MR) is 60.1 cm³/mol. The minimum atomic E-state index is 0.305. The molecule has 14 heavy (non-hydrogen) atoms. The zero-order chi connectivity index (χ0) is 10.2. The minimum Gasteiger partial charge on any atom is -0.410 e. The summed E-state index contributed by atoms with van der Waals surface area (Å²) in [5.74, 6) is 0.305. The quantitative estimate of drug-likeness (QED) is 0.400. The zero-order valence-electron chi connectivity index (χ0n) is 8.71. The lowest BCUT2D eigenvalue weighted by Crippen LogP contribution is -2.10. The molecule has 2 nitrogen and oxygen atoms in total. The molecule has 0 bridgehead atoms. The van der Waals surface area contributed by atoms with E-state index < -0.39 is 0 Å². The second-order valence-corrected chi connectivity index (χ2v) is 4.56. The molecule has 1 fully saturated rings. The first-order valence-corrected chi connectivity index (χ1v) is 6.10. The molecule has 1 aliphatic carbocycles. The van der Waals surface area contributed by atoms with Crippen molar-refractivity contribution in [3.05, 3.63) is 0 Å². The van der Waals surface area contributed by atoms with Crippen LogP contribution in [0.5, 0.6) is 0 Å². The Hall–Kier alpha value is -0.240. The van der Waals surface area contributed by atoms with Gasteiger partial charge in [-0.15, -0.1) is 0 Å². The summed E-state index contributed by atoms with van der Waals surface area (Å²) in [6.07, 6.45) is 11.3. The molecule has 0 radical (unpaired) electrons. The first kappa shape index (κ1) is 11.8. The predicted octanol–water partition coefficient (Wildman–Crippen LogP) is 4.15. The normalized spacial score (nSPS) is 23.4. The molecule has 0 heterocycles. The van der Waals surface area contributed by atoms with Gasteiger partial charge in [0, 0.05) is 5.92 Å². The number of halogens is 1. The SMILES string of the molecule is O/N=C(\Cl)C1CCCCCCCCC1. The summed E-state index contributed by atoms with van der Waals surface area (Å²) in [5, 5.41) is 12.2. The van der Waals surface area contributed by atoms with Crippen molar-refractivity contribution in [2.45, 2.75) is 57.8 Å². The maximum Gasteiger partial charge on any atom is 0.148 e. The molecular weight excluding hydrogens is 198 g/mol. The van der Waals surface area contributed by atoms with Gasteiger partial charge in [0.1, 0.15) is 5.17 Å². The van der Waals surface area contributed by atoms with E-state index >= 15 is 0 Å². The van der Waals surface area contributed by atoms with Crippen LogP contribution in [0.25, 0.3) is 0 Å². The van der Waals surface area contributed by atoms with Crippen LogP contribution in [0.4, 0.5) is 0 Å². The molecular formula is C11H20ClNO. The molecule has 0 atom stereocenters. The van der Waals surface area contributed by atoms with Gasteiger partial charge in [0.2, 0.25) is 0 Å². The molecule has 0 aliphatic heterocycles. The van der Waals surface area contributed by atoms with Crippen LogP contribution in [0, 0.1) is 5.92 Å². The second-order valence-electron chi connectivity index (χ2n) is 4.17. The van der Waals surface area contributed by atoms with Crippen LogP contribution in [0.1, 0.15) is 57.8 Å². The fourth-order valence-electron chi connectivity index (χ4n) is 2.13. The summed E-state index contributed by atoms with van der Waals surface area (Å²) in [4.78, 5) is 0. The van der Waals surface area contributed by atoms with Crippen molar-refractivity contribution in [1.29, 1.82) is 0 Å². The number of nitrogens with zero attached hydrogens (tertiary/aromatic N) is 1. The standard InChI is InChI=1S/C11H20ClNO/c12-11(13-14)10-8-6-4-2-1-3-5-7-9-10/h10,14H,1-9H2/b13-11-. The highest BCUT2D eigenvalue weighted by Crippen LogP contribution is 2.23. The third kappa shape index (κ3) is 4.32. The van der Waals surface area contributed by atoms with Crippen LogP contribution in [-0.4, -0.2) is 10.4 Å². The monoisotopic (exact) mass is 217 g/mol. The van der Waals surface area contributed by atoms with E-state index in [1.165, 1.54) is 44.9 Å². The van der Waals surface area contributed by atoms with Crippen molar-refractivity contribution in [3.8, 4) is 0 Å². The van der Waals surface area contributed by atoms with Crippen molar-refractivity contribution in [1.82, 2.24) is 0 Å². The minimum absolute atomic E-state index is 0.305. The molecule has 0 aromatic heterocycles. The van der Waals surface area contributed by atoms with E-state index in [1.54, 1.807) is 0 Å². The van der Waals surface area contributed by atoms with Crippen molar-refractivity contribution in [3.63, 3.8) is 0 Å². The molecule has 3 heteroatoms. The van der Waals surface area contributed by atoms with Gasteiger partial charge in [-0.3, -0.25) is 0 Å². The van der Waals surface area contributed by atoms with E-state index in [0.717, 1.165) is 12.8 Å². The van der Waals surface area contributed by atoms with Crippen molar-refractivity contribution in [2.75, 3.05) is 0 Å². The van der Waals surface area contributed by atoms with Gasteiger partial charge in [0.05, 0.1) is 0 Å². The number of rotatable bonds is 1. The van der Waals surface area contributed by atoms with E-state index in [9.17, 15) is 0 Å². The van der Waals surface area contributed by atoms with E-state index in [-0.39, 0.29) is 0 Å². The Labute approximate surface area is 91.3 Å². The molecule has 0 unspecified atom stereocenters. The third-order valence-corrected chi connectivity index (χ3v) is 3.42. The number of hydrogen-bond acceptors (Lipinski definition) is 2. The van der Waals surface area contributed by atoms with Gasteiger partial charge in [-0.25, -0.2) is 0 Å². The van der Waals surface area contributed by atoms with Gasteiger partial charge in [0.15, 0.2) is 0 Å². The van der Waals surface area contributed by atoms with E-state index in [0.29, 0.717) is 11.1 Å². The summed E-state index contributed by atoms with van der Waals surface area (Å²) in [6.45, 7) is 0. The molecule has 1 N–H and O–H groups in total. The fourth-order valence-corrected chi connectivity index (χ4v) is 2.35. The highest BCUT2D eigenvalue weighted by Gasteiger charge is 2.14. The Morgan fingerprint density at radius 3 is 1.79 bits per heavy atom. The average Bonchev–Trinajstić information content (AvgIpc) is 2.24. The Morgan fingerprint density at radius 2 is 1.36 bits per heavy atom. The first-order chi connectivity index (χ1) is 6.84. The van der Waals surface area contributed by atoms with Crippen LogP contribution in [-0.2, 0) is 0 Å². The third-order valence-electron chi connectivity index (χ3n) is 3.04. The molecule has 0 saturated heterocycles. The van der Waals surface area contributed by atoms with Gasteiger partial charge >= 0.3 is 0 Å². The largest absolute Gasteiger partial charge is 0.410 e. The van der Waals surface area contributed by atoms with Gasteiger partial charge in [0.25, 0.3) is 0 Å². The highest BCUT2D eigenvalue weighted by molar-refractivity contribution is 6.65. The maximum absolute atomic E-state index is 8.63. The average molecular weight is 218 g/mol. The van der Waals surface area contributed by atoms with Crippen molar-refractivity contribution >= 4 is 16.8 Å². The van der Waals surface area contributed by atoms with Crippen molar-refractivity contribution in [2.24, 2.45) is 11.1 Å². The Kier molecular flexibility index (Phi) is 6.00. The molecule has 1 aliphatic rings. The molecule has 1 saturated carbocycles. The first-order valence-electron chi connectivity index (χ1n) is 5.72. The smallest absolute Gasteiger partial charge is 0.148 e. The number of oxime groups is 1. The lowest BCUT2D eigenvalue weighted by atomic mass is 9.93. The van der Waals surface area contributed by atoms with Crippen LogP contribution in [0.15, 0.2) is 5.16 Å². The summed E-state index contributed by atoms with van der Waals surface area (Å²) in [7, 11) is 0. The lowest BCUT2D eigenvalue weighted by molar-refractivity contribution is 0.314. The van der Waals surface area contributed by atoms with Gasteiger partial charge in [-0.2, -0.15) is 0 Å². The Balaban J connectivity index is 2.38.